The Hall–Kier alpha value is -1.95. The molecule has 0 radical (unpaired) electrons. The molecule has 0 fully saturated rings. The molecule has 0 aromatic heterocycles. The summed E-state index contributed by atoms with van der Waals surface area (Å²) in [4.78, 5) is 0. The Bertz CT molecular complexity index is 643. The molecule has 106 valence electrons. The minimum Gasteiger partial charge on any atom is -0.455 e. The van der Waals surface area contributed by atoms with Crippen molar-refractivity contribution in [3.63, 3.8) is 0 Å². The first-order chi connectivity index (χ1) is 9.29. The fourth-order valence-electron chi connectivity index (χ4n) is 1.52. The molecule has 0 aliphatic rings. The molecule has 0 bridgehead atoms. The summed E-state index contributed by atoms with van der Waals surface area (Å²) >= 11 is 5.76. The van der Waals surface area contributed by atoms with Crippen molar-refractivity contribution in [2.24, 2.45) is 0 Å². The summed E-state index contributed by atoms with van der Waals surface area (Å²) in [7, 11) is 0. The van der Waals surface area contributed by atoms with Crippen molar-refractivity contribution in [3.8, 4) is 11.5 Å². The summed E-state index contributed by atoms with van der Waals surface area (Å²) in [6.45, 7) is 0. The Labute approximate surface area is 116 Å². The van der Waals surface area contributed by atoms with E-state index >= 15 is 0 Å². The van der Waals surface area contributed by atoms with Crippen LogP contribution >= 0.6 is 11.6 Å². The van der Waals surface area contributed by atoms with Gasteiger partial charge in [0.25, 0.3) is 0 Å². The van der Waals surface area contributed by atoms with Gasteiger partial charge in [0.15, 0.2) is 5.75 Å². The molecule has 2 aromatic rings. The number of rotatable bonds is 2. The molecule has 0 saturated heterocycles. The lowest BCUT2D eigenvalue weighted by atomic mass is 10.2. The predicted octanol–water partition coefficient (Wildman–Crippen LogP) is 4.87. The lowest BCUT2D eigenvalue weighted by Crippen LogP contribution is -2.08. The van der Waals surface area contributed by atoms with Crippen LogP contribution < -0.4 is 10.5 Å². The molecule has 20 heavy (non-hydrogen) atoms. The van der Waals surface area contributed by atoms with E-state index in [1.165, 1.54) is 18.2 Å². The van der Waals surface area contributed by atoms with Crippen molar-refractivity contribution in [3.05, 3.63) is 52.8 Å². The van der Waals surface area contributed by atoms with Crippen molar-refractivity contribution in [2.75, 3.05) is 5.73 Å². The monoisotopic (exact) mass is 305 g/mol. The zero-order valence-electron chi connectivity index (χ0n) is 9.84. The van der Waals surface area contributed by atoms with E-state index in [1.54, 1.807) is 0 Å². The van der Waals surface area contributed by atoms with Crippen LogP contribution in [0.15, 0.2) is 36.4 Å². The maximum atomic E-state index is 13.1. The molecular weight excluding hydrogens is 298 g/mol. The number of alkyl halides is 3. The minimum atomic E-state index is -4.80. The second-order valence-corrected chi connectivity index (χ2v) is 4.30. The van der Waals surface area contributed by atoms with Gasteiger partial charge in [-0.05, 0) is 30.3 Å². The van der Waals surface area contributed by atoms with Crippen molar-refractivity contribution < 1.29 is 22.3 Å². The van der Waals surface area contributed by atoms with Gasteiger partial charge in [0.2, 0.25) is 0 Å². The van der Waals surface area contributed by atoms with Crippen molar-refractivity contribution in [1.82, 2.24) is 0 Å². The predicted molar refractivity (Wildman–Crippen MR) is 67.3 cm³/mol. The zero-order valence-corrected chi connectivity index (χ0v) is 10.6. The molecule has 2 rings (SSSR count). The first kappa shape index (κ1) is 14.5. The molecule has 2 N–H and O–H groups in total. The van der Waals surface area contributed by atoms with Crippen molar-refractivity contribution >= 4 is 17.3 Å². The topological polar surface area (TPSA) is 35.2 Å². The molecule has 2 aromatic carbocycles. The highest BCUT2D eigenvalue weighted by Crippen LogP contribution is 2.37. The summed E-state index contributed by atoms with van der Waals surface area (Å²) in [5, 5.41) is 0.209. The van der Waals surface area contributed by atoms with Crippen LogP contribution in [0.3, 0.4) is 0 Å². The second kappa shape index (κ2) is 5.20. The van der Waals surface area contributed by atoms with Gasteiger partial charge in [-0.25, -0.2) is 4.39 Å². The highest BCUT2D eigenvalue weighted by Gasteiger charge is 2.34. The number of anilines is 1. The first-order valence-electron chi connectivity index (χ1n) is 5.37. The number of para-hydroxylation sites is 1. The smallest absolute Gasteiger partial charge is 0.419 e. The van der Waals surface area contributed by atoms with E-state index in [4.69, 9.17) is 22.1 Å². The van der Waals surface area contributed by atoms with E-state index in [1.807, 2.05) is 0 Å². The summed E-state index contributed by atoms with van der Waals surface area (Å²) in [5.41, 5.74) is 4.31. The molecule has 0 aliphatic carbocycles. The van der Waals surface area contributed by atoms with E-state index in [9.17, 15) is 17.6 Å². The number of hydrogen-bond donors (Lipinski definition) is 1. The van der Waals surface area contributed by atoms with E-state index in [0.29, 0.717) is 12.1 Å². The normalized spacial score (nSPS) is 11.4. The molecule has 0 spiro atoms. The van der Waals surface area contributed by atoms with Gasteiger partial charge in [0.1, 0.15) is 11.6 Å². The minimum absolute atomic E-state index is 0.0899. The Kier molecular flexibility index (Phi) is 3.76. The number of nitrogen functional groups attached to an aromatic ring is 1. The van der Waals surface area contributed by atoms with E-state index in [-0.39, 0.29) is 22.2 Å². The van der Waals surface area contributed by atoms with Gasteiger partial charge in [-0.1, -0.05) is 17.7 Å². The quantitative estimate of drug-likeness (QED) is 0.634. The Morgan fingerprint density at radius 2 is 1.80 bits per heavy atom. The molecule has 0 saturated carbocycles. The lowest BCUT2D eigenvalue weighted by molar-refractivity contribution is -0.140. The average Bonchev–Trinajstić information content (AvgIpc) is 2.36. The Balaban J connectivity index is 2.38. The van der Waals surface area contributed by atoms with Gasteiger partial charge in [0.05, 0.1) is 16.3 Å². The van der Waals surface area contributed by atoms with E-state index < -0.39 is 17.6 Å². The summed E-state index contributed by atoms with van der Waals surface area (Å²) < 4.78 is 56.0. The van der Waals surface area contributed by atoms with Gasteiger partial charge < -0.3 is 10.5 Å². The summed E-state index contributed by atoms with van der Waals surface area (Å²) in [6.07, 6.45) is -4.80. The van der Waals surface area contributed by atoms with Crippen LogP contribution in [0.5, 0.6) is 11.5 Å². The molecule has 0 aliphatic heterocycles. The Morgan fingerprint density at radius 1 is 1.10 bits per heavy atom. The number of hydrogen-bond acceptors (Lipinski definition) is 2. The standard InChI is InChI=1S/C13H8ClF4NO/c14-9-2-1-3-11(12(9)19)20-7-4-5-10(15)8(6-7)13(16,17)18/h1-6H,19H2. The molecule has 0 amide bonds. The fraction of sp³-hybridized carbons (Fsp3) is 0.0769. The molecule has 0 heterocycles. The molecule has 7 heteroatoms. The van der Waals surface area contributed by atoms with E-state index in [0.717, 1.165) is 6.07 Å². The van der Waals surface area contributed by atoms with Gasteiger partial charge in [-0.2, -0.15) is 13.2 Å². The van der Waals surface area contributed by atoms with Crippen LogP contribution in [0.4, 0.5) is 23.2 Å². The number of nitrogens with two attached hydrogens (primary N) is 1. The number of ether oxygens (including phenoxy) is 1. The van der Waals surface area contributed by atoms with Crippen molar-refractivity contribution in [2.45, 2.75) is 6.18 Å². The van der Waals surface area contributed by atoms with Crippen LogP contribution in [0.2, 0.25) is 5.02 Å². The maximum Gasteiger partial charge on any atom is 0.419 e. The SMILES string of the molecule is Nc1c(Cl)cccc1Oc1ccc(F)c(C(F)(F)F)c1. The highest BCUT2D eigenvalue weighted by atomic mass is 35.5. The highest BCUT2D eigenvalue weighted by molar-refractivity contribution is 6.33. The van der Waals surface area contributed by atoms with Gasteiger partial charge >= 0.3 is 6.18 Å². The first-order valence-corrected chi connectivity index (χ1v) is 5.75. The molecule has 0 unspecified atom stereocenters. The number of halogens is 5. The third-order valence-corrected chi connectivity index (χ3v) is 2.81. The number of benzene rings is 2. The van der Waals surface area contributed by atoms with Crippen molar-refractivity contribution in [1.29, 1.82) is 0 Å². The van der Waals surface area contributed by atoms with Crippen LogP contribution in [0.25, 0.3) is 0 Å². The fourth-order valence-corrected chi connectivity index (χ4v) is 1.68. The molecule has 0 atom stereocenters. The van der Waals surface area contributed by atoms with Crippen LogP contribution in [-0.2, 0) is 6.18 Å². The van der Waals surface area contributed by atoms with E-state index in [2.05, 4.69) is 0 Å². The van der Waals surface area contributed by atoms with Gasteiger partial charge in [-0.3, -0.25) is 0 Å². The lowest BCUT2D eigenvalue weighted by Gasteiger charge is -2.12. The van der Waals surface area contributed by atoms with Crippen LogP contribution in [-0.4, -0.2) is 0 Å². The molecular formula is C13H8ClF4NO. The summed E-state index contributed by atoms with van der Waals surface area (Å²) in [6, 6.07) is 6.80. The molecule has 2 nitrogen and oxygen atoms in total. The largest absolute Gasteiger partial charge is 0.455 e. The maximum absolute atomic E-state index is 13.1. The Morgan fingerprint density at radius 3 is 2.45 bits per heavy atom. The third kappa shape index (κ3) is 2.96. The average molecular weight is 306 g/mol. The zero-order chi connectivity index (χ0) is 14.9. The van der Waals surface area contributed by atoms with Crippen LogP contribution in [0, 0.1) is 5.82 Å². The second-order valence-electron chi connectivity index (χ2n) is 3.89. The van der Waals surface area contributed by atoms with Gasteiger partial charge in [-0.15, -0.1) is 0 Å². The van der Waals surface area contributed by atoms with Gasteiger partial charge in [0, 0.05) is 0 Å². The third-order valence-electron chi connectivity index (χ3n) is 2.48. The van der Waals surface area contributed by atoms with Crippen LogP contribution in [0.1, 0.15) is 5.56 Å². The summed E-state index contributed by atoms with van der Waals surface area (Å²) in [5.74, 6) is -1.46.